The Labute approximate surface area is 118 Å². The largest absolute Gasteiger partial charge is 0.493 e. The highest BCUT2D eigenvalue weighted by Gasteiger charge is 2.12. The molecular weight excluding hydrogens is 262 g/mol. The zero-order chi connectivity index (χ0) is 13.7. The van der Waals surface area contributed by atoms with Crippen LogP contribution in [0.1, 0.15) is 5.56 Å². The Morgan fingerprint density at radius 3 is 2.47 bits per heavy atom. The lowest BCUT2D eigenvalue weighted by Crippen LogP contribution is -2.54. The SMILES string of the molecule is COc1ccc(CCN2CNC(=S)NC2)cc1OC. The van der Waals surface area contributed by atoms with Crippen molar-refractivity contribution < 1.29 is 9.47 Å². The van der Waals surface area contributed by atoms with E-state index in [1.165, 1.54) is 5.56 Å². The number of benzene rings is 1. The number of hydrogen-bond acceptors (Lipinski definition) is 4. The lowest BCUT2D eigenvalue weighted by Gasteiger charge is -2.29. The molecule has 0 saturated carbocycles. The van der Waals surface area contributed by atoms with Gasteiger partial charge >= 0.3 is 0 Å². The number of nitrogens with one attached hydrogen (secondary N) is 2. The number of hydrogen-bond donors (Lipinski definition) is 2. The summed E-state index contributed by atoms with van der Waals surface area (Å²) in [5.41, 5.74) is 1.23. The second-order valence-corrected chi connectivity index (χ2v) is 4.74. The molecule has 1 aliphatic heterocycles. The van der Waals surface area contributed by atoms with E-state index in [1.807, 2.05) is 12.1 Å². The normalized spacial score (nSPS) is 15.6. The molecule has 0 amide bonds. The van der Waals surface area contributed by atoms with Crippen molar-refractivity contribution in [2.24, 2.45) is 0 Å². The summed E-state index contributed by atoms with van der Waals surface area (Å²) in [6.07, 6.45) is 0.955. The van der Waals surface area contributed by atoms with Gasteiger partial charge in [0.25, 0.3) is 0 Å². The molecule has 1 aliphatic rings. The predicted octanol–water partition coefficient (Wildman–Crippen LogP) is 0.941. The van der Waals surface area contributed by atoms with Crippen molar-refractivity contribution >= 4 is 17.3 Å². The minimum Gasteiger partial charge on any atom is -0.493 e. The number of thiocarbonyl (C=S) groups is 1. The van der Waals surface area contributed by atoms with Gasteiger partial charge in [0.2, 0.25) is 0 Å². The van der Waals surface area contributed by atoms with Gasteiger partial charge in [-0.25, -0.2) is 0 Å². The molecule has 0 radical (unpaired) electrons. The monoisotopic (exact) mass is 281 g/mol. The molecule has 0 bridgehead atoms. The highest BCUT2D eigenvalue weighted by Crippen LogP contribution is 2.27. The number of methoxy groups -OCH3 is 2. The van der Waals surface area contributed by atoms with Crippen LogP contribution in [0.2, 0.25) is 0 Å². The molecule has 5 nitrogen and oxygen atoms in total. The maximum Gasteiger partial charge on any atom is 0.168 e. The summed E-state index contributed by atoms with van der Waals surface area (Å²) in [6, 6.07) is 6.03. The topological polar surface area (TPSA) is 45.8 Å². The van der Waals surface area contributed by atoms with Gasteiger partial charge in [0.05, 0.1) is 27.6 Å². The van der Waals surface area contributed by atoms with E-state index in [2.05, 4.69) is 21.6 Å². The first-order valence-corrected chi connectivity index (χ1v) is 6.58. The fourth-order valence-corrected chi connectivity index (χ4v) is 2.10. The highest BCUT2D eigenvalue weighted by molar-refractivity contribution is 7.80. The second-order valence-electron chi connectivity index (χ2n) is 4.33. The van der Waals surface area contributed by atoms with Gasteiger partial charge in [0, 0.05) is 6.54 Å². The molecule has 1 saturated heterocycles. The molecule has 1 aromatic rings. The van der Waals surface area contributed by atoms with E-state index < -0.39 is 0 Å². The molecule has 19 heavy (non-hydrogen) atoms. The van der Waals surface area contributed by atoms with Gasteiger partial charge in [-0.2, -0.15) is 0 Å². The van der Waals surface area contributed by atoms with E-state index in [0.717, 1.165) is 42.9 Å². The molecule has 2 N–H and O–H groups in total. The Morgan fingerprint density at radius 2 is 1.84 bits per heavy atom. The van der Waals surface area contributed by atoms with Gasteiger partial charge in [0.1, 0.15) is 0 Å². The molecule has 0 aromatic heterocycles. The van der Waals surface area contributed by atoms with Crippen LogP contribution in [-0.4, -0.2) is 44.1 Å². The van der Waals surface area contributed by atoms with E-state index in [9.17, 15) is 0 Å². The summed E-state index contributed by atoms with van der Waals surface area (Å²) in [5, 5.41) is 6.95. The van der Waals surface area contributed by atoms with Crippen LogP contribution in [0.25, 0.3) is 0 Å². The van der Waals surface area contributed by atoms with Crippen LogP contribution < -0.4 is 20.1 Å². The predicted molar refractivity (Wildman–Crippen MR) is 78.6 cm³/mol. The van der Waals surface area contributed by atoms with E-state index in [-0.39, 0.29) is 0 Å². The van der Waals surface area contributed by atoms with Crippen molar-refractivity contribution in [3.05, 3.63) is 23.8 Å². The molecule has 0 spiro atoms. The molecule has 2 rings (SSSR count). The molecule has 0 atom stereocenters. The van der Waals surface area contributed by atoms with Gasteiger partial charge in [-0.3, -0.25) is 4.90 Å². The van der Waals surface area contributed by atoms with Crippen molar-refractivity contribution in [3.8, 4) is 11.5 Å². The first kappa shape index (κ1) is 13.9. The summed E-state index contributed by atoms with van der Waals surface area (Å²) in [7, 11) is 3.30. The Morgan fingerprint density at radius 1 is 1.16 bits per heavy atom. The lowest BCUT2D eigenvalue weighted by atomic mass is 10.1. The number of nitrogens with zero attached hydrogens (tertiary/aromatic N) is 1. The lowest BCUT2D eigenvalue weighted by molar-refractivity contribution is 0.247. The maximum atomic E-state index is 5.30. The van der Waals surface area contributed by atoms with Crippen LogP contribution in [0.4, 0.5) is 0 Å². The third-order valence-electron chi connectivity index (χ3n) is 3.09. The van der Waals surface area contributed by atoms with Crippen molar-refractivity contribution in [2.75, 3.05) is 34.1 Å². The Balaban J connectivity index is 1.90. The average Bonchev–Trinajstić information content (AvgIpc) is 2.46. The summed E-state index contributed by atoms with van der Waals surface area (Å²) in [5.74, 6) is 1.54. The zero-order valence-corrected chi connectivity index (χ0v) is 12.0. The first-order chi connectivity index (χ1) is 9.22. The molecule has 1 aromatic carbocycles. The maximum absolute atomic E-state index is 5.30. The van der Waals surface area contributed by atoms with E-state index in [1.54, 1.807) is 14.2 Å². The minimum absolute atomic E-state index is 0.724. The fraction of sp³-hybridized carbons (Fsp3) is 0.462. The third-order valence-corrected chi connectivity index (χ3v) is 3.38. The van der Waals surface area contributed by atoms with E-state index in [4.69, 9.17) is 21.7 Å². The first-order valence-electron chi connectivity index (χ1n) is 6.18. The molecular formula is C13H19N3O2S. The van der Waals surface area contributed by atoms with Crippen LogP contribution in [0.5, 0.6) is 11.5 Å². The van der Waals surface area contributed by atoms with Gasteiger partial charge in [-0.1, -0.05) is 6.07 Å². The highest BCUT2D eigenvalue weighted by atomic mass is 32.1. The molecule has 0 unspecified atom stereocenters. The van der Waals surface area contributed by atoms with Gasteiger partial charge in [-0.05, 0) is 36.3 Å². The van der Waals surface area contributed by atoms with Gasteiger partial charge in [0.15, 0.2) is 16.6 Å². The minimum atomic E-state index is 0.724. The molecule has 1 heterocycles. The van der Waals surface area contributed by atoms with Crippen molar-refractivity contribution in [2.45, 2.75) is 6.42 Å². The summed E-state index contributed by atoms with van der Waals surface area (Å²) < 4.78 is 10.5. The van der Waals surface area contributed by atoms with Crippen LogP contribution in [-0.2, 0) is 6.42 Å². The van der Waals surface area contributed by atoms with Crippen LogP contribution in [0.15, 0.2) is 18.2 Å². The molecule has 1 fully saturated rings. The average molecular weight is 281 g/mol. The standard InChI is InChI=1S/C13H19N3O2S/c1-17-11-4-3-10(7-12(11)18-2)5-6-16-8-14-13(19)15-9-16/h3-4,7H,5-6,8-9H2,1-2H3,(H2,14,15,19). The quantitative estimate of drug-likeness (QED) is 0.783. The number of ether oxygens (including phenoxy) is 2. The molecule has 104 valence electrons. The van der Waals surface area contributed by atoms with Gasteiger partial charge in [-0.15, -0.1) is 0 Å². The summed E-state index contributed by atoms with van der Waals surface area (Å²) in [4.78, 5) is 2.26. The zero-order valence-electron chi connectivity index (χ0n) is 11.2. The third kappa shape index (κ3) is 3.71. The van der Waals surface area contributed by atoms with Crippen LogP contribution in [0, 0.1) is 0 Å². The molecule has 6 heteroatoms. The van der Waals surface area contributed by atoms with E-state index in [0.29, 0.717) is 0 Å². The second kappa shape index (κ2) is 6.58. The summed E-state index contributed by atoms with van der Waals surface area (Å²) in [6.45, 7) is 2.54. The Kier molecular flexibility index (Phi) is 4.81. The van der Waals surface area contributed by atoms with Crippen molar-refractivity contribution in [1.82, 2.24) is 15.5 Å². The van der Waals surface area contributed by atoms with E-state index >= 15 is 0 Å². The van der Waals surface area contributed by atoms with Crippen LogP contribution >= 0.6 is 12.2 Å². The van der Waals surface area contributed by atoms with Crippen LogP contribution in [0.3, 0.4) is 0 Å². The van der Waals surface area contributed by atoms with Crippen molar-refractivity contribution in [3.63, 3.8) is 0 Å². The Bertz CT molecular complexity index is 444. The Hall–Kier alpha value is -1.53. The smallest absolute Gasteiger partial charge is 0.168 e. The summed E-state index contributed by atoms with van der Waals surface area (Å²) >= 11 is 5.02. The molecule has 0 aliphatic carbocycles. The number of rotatable bonds is 5. The fourth-order valence-electron chi connectivity index (χ4n) is 1.97. The van der Waals surface area contributed by atoms with Gasteiger partial charge < -0.3 is 20.1 Å². The van der Waals surface area contributed by atoms with Crippen molar-refractivity contribution in [1.29, 1.82) is 0 Å².